The monoisotopic (exact) mass is 208 g/mol. The minimum absolute atomic E-state index is 0.181. The Balaban J connectivity index is 1.84. The highest BCUT2D eigenvalue weighted by atomic mass is 16.3. The third kappa shape index (κ3) is 2.63. The Morgan fingerprint density at radius 1 is 1.53 bits per heavy atom. The summed E-state index contributed by atoms with van der Waals surface area (Å²) in [6.45, 7) is 2.25. The van der Waals surface area contributed by atoms with Crippen LogP contribution in [0.2, 0.25) is 0 Å². The molecule has 84 valence electrons. The lowest BCUT2D eigenvalue weighted by Gasteiger charge is -2.17. The molecule has 1 aromatic rings. The maximum atomic E-state index is 10.1. The first-order valence-corrected chi connectivity index (χ1v) is 5.98. The van der Waals surface area contributed by atoms with E-state index in [0.717, 1.165) is 17.9 Å². The number of hydrogen-bond acceptors (Lipinski definition) is 2. The van der Waals surface area contributed by atoms with Crippen molar-refractivity contribution in [2.24, 2.45) is 11.8 Å². The number of rotatable bonds is 4. The van der Waals surface area contributed by atoms with Crippen LogP contribution in [0.3, 0.4) is 0 Å². The van der Waals surface area contributed by atoms with E-state index in [1.54, 1.807) is 12.5 Å². The standard InChI is InChI=1S/C13H20O2/c1-2-10-3-4-12(7-10)13(14)8-11-5-6-15-9-11/h5-6,9-10,12-14H,2-4,7-8H2,1H3. The smallest absolute Gasteiger partial charge is 0.0935 e. The molecule has 1 N–H and O–H groups in total. The average molecular weight is 208 g/mol. The van der Waals surface area contributed by atoms with Crippen molar-refractivity contribution in [2.75, 3.05) is 0 Å². The van der Waals surface area contributed by atoms with Crippen LogP contribution in [-0.4, -0.2) is 11.2 Å². The van der Waals surface area contributed by atoms with E-state index < -0.39 is 0 Å². The van der Waals surface area contributed by atoms with E-state index in [-0.39, 0.29) is 6.10 Å². The van der Waals surface area contributed by atoms with E-state index in [0.29, 0.717) is 5.92 Å². The molecule has 2 rings (SSSR count). The van der Waals surface area contributed by atoms with Gasteiger partial charge in [0.15, 0.2) is 0 Å². The molecule has 2 heteroatoms. The molecular weight excluding hydrogens is 188 g/mol. The minimum atomic E-state index is -0.181. The van der Waals surface area contributed by atoms with E-state index in [2.05, 4.69) is 6.92 Å². The van der Waals surface area contributed by atoms with Gasteiger partial charge < -0.3 is 9.52 Å². The van der Waals surface area contributed by atoms with Crippen LogP contribution in [-0.2, 0) is 6.42 Å². The Kier molecular flexibility index (Phi) is 3.47. The van der Waals surface area contributed by atoms with E-state index in [1.165, 1.54) is 25.7 Å². The average Bonchev–Trinajstić information content (AvgIpc) is 2.86. The van der Waals surface area contributed by atoms with Gasteiger partial charge in [-0.1, -0.05) is 19.8 Å². The lowest BCUT2D eigenvalue weighted by molar-refractivity contribution is 0.108. The maximum absolute atomic E-state index is 10.1. The van der Waals surface area contributed by atoms with Crippen molar-refractivity contribution in [1.82, 2.24) is 0 Å². The first kappa shape index (κ1) is 10.7. The minimum Gasteiger partial charge on any atom is -0.472 e. The molecule has 0 aromatic carbocycles. The number of furan rings is 1. The van der Waals surface area contributed by atoms with E-state index >= 15 is 0 Å². The highest BCUT2D eigenvalue weighted by Gasteiger charge is 2.28. The molecule has 3 atom stereocenters. The molecule has 1 aliphatic carbocycles. The van der Waals surface area contributed by atoms with Gasteiger partial charge in [0.25, 0.3) is 0 Å². The van der Waals surface area contributed by atoms with Crippen molar-refractivity contribution >= 4 is 0 Å². The molecule has 15 heavy (non-hydrogen) atoms. The highest BCUT2D eigenvalue weighted by Crippen LogP contribution is 2.35. The zero-order valence-electron chi connectivity index (χ0n) is 9.36. The van der Waals surface area contributed by atoms with Gasteiger partial charge in [0.05, 0.1) is 18.6 Å². The Hall–Kier alpha value is -0.760. The molecule has 1 fully saturated rings. The van der Waals surface area contributed by atoms with Gasteiger partial charge in [-0.2, -0.15) is 0 Å². The lowest BCUT2D eigenvalue weighted by Crippen LogP contribution is -2.20. The summed E-state index contributed by atoms with van der Waals surface area (Å²) in [5, 5.41) is 10.1. The first-order valence-electron chi connectivity index (χ1n) is 5.98. The predicted octanol–water partition coefficient (Wildman–Crippen LogP) is 3.01. The summed E-state index contributed by atoms with van der Waals surface area (Å²) in [6.07, 6.45) is 8.92. The number of aliphatic hydroxyl groups is 1. The van der Waals surface area contributed by atoms with Gasteiger partial charge in [-0.3, -0.25) is 0 Å². The SMILES string of the molecule is CCC1CCC(C(O)Cc2ccoc2)C1. The molecule has 1 aliphatic rings. The van der Waals surface area contributed by atoms with Gasteiger partial charge in [-0.25, -0.2) is 0 Å². The van der Waals surface area contributed by atoms with E-state index in [1.807, 2.05) is 6.07 Å². The van der Waals surface area contributed by atoms with Crippen LogP contribution < -0.4 is 0 Å². The molecular formula is C13H20O2. The van der Waals surface area contributed by atoms with Crippen LogP contribution in [0.5, 0.6) is 0 Å². The Bertz CT molecular complexity index is 279. The summed E-state index contributed by atoms with van der Waals surface area (Å²) in [4.78, 5) is 0. The molecule has 2 nitrogen and oxygen atoms in total. The van der Waals surface area contributed by atoms with Crippen molar-refractivity contribution in [3.05, 3.63) is 24.2 Å². The summed E-state index contributed by atoms with van der Waals surface area (Å²) in [5.41, 5.74) is 1.11. The maximum Gasteiger partial charge on any atom is 0.0935 e. The van der Waals surface area contributed by atoms with Gasteiger partial charge in [-0.15, -0.1) is 0 Å². The van der Waals surface area contributed by atoms with Gasteiger partial charge in [0, 0.05) is 6.42 Å². The van der Waals surface area contributed by atoms with Crippen LogP contribution in [0.15, 0.2) is 23.0 Å². The molecule has 0 saturated heterocycles. The number of hydrogen-bond donors (Lipinski definition) is 1. The largest absolute Gasteiger partial charge is 0.472 e. The summed E-state index contributed by atoms with van der Waals surface area (Å²) in [5.74, 6) is 1.35. The number of aliphatic hydroxyl groups excluding tert-OH is 1. The van der Waals surface area contributed by atoms with Crippen LogP contribution in [0.4, 0.5) is 0 Å². The Labute approximate surface area is 91.3 Å². The molecule has 0 radical (unpaired) electrons. The molecule has 1 heterocycles. The van der Waals surface area contributed by atoms with Crippen molar-refractivity contribution < 1.29 is 9.52 Å². The van der Waals surface area contributed by atoms with Gasteiger partial charge in [-0.05, 0) is 36.3 Å². The van der Waals surface area contributed by atoms with Crippen LogP contribution in [0, 0.1) is 11.8 Å². The van der Waals surface area contributed by atoms with Crippen molar-refractivity contribution in [2.45, 2.75) is 45.1 Å². The Morgan fingerprint density at radius 3 is 3.00 bits per heavy atom. The second-order valence-corrected chi connectivity index (χ2v) is 4.75. The van der Waals surface area contributed by atoms with E-state index in [9.17, 15) is 5.11 Å². The van der Waals surface area contributed by atoms with Gasteiger partial charge in [0.1, 0.15) is 0 Å². The second-order valence-electron chi connectivity index (χ2n) is 4.75. The van der Waals surface area contributed by atoms with Crippen molar-refractivity contribution in [3.63, 3.8) is 0 Å². The third-order valence-corrected chi connectivity index (χ3v) is 3.73. The molecule has 0 bridgehead atoms. The summed E-state index contributed by atoms with van der Waals surface area (Å²) < 4.78 is 5.01. The lowest BCUT2D eigenvalue weighted by atomic mass is 9.94. The Morgan fingerprint density at radius 2 is 2.40 bits per heavy atom. The quantitative estimate of drug-likeness (QED) is 0.825. The predicted molar refractivity (Wildman–Crippen MR) is 59.5 cm³/mol. The third-order valence-electron chi connectivity index (χ3n) is 3.73. The van der Waals surface area contributed by atoms with Crippen molar-refractivity contribution in [1.29, 1.82) is 0 Å². The highest BCUT2D eigenvalue weighted by molar-refractivity contribution is 5.07. The molecule has 1 saturated carbocycles. The molecule has 0 amide bonds. The molecule has 3 unspecified atom stereocenters. The topological polar surface area (TPSA) is 33.4 Å². The van der Waals surface area contributed by atoms with Crippen LogP contribution in [0.25, 0.3) is 0 Å². The molecule has 0 spiro atoms. The second kappa shape index (κ2) is 4.84. The van der Waals surface area contributed by atoms with Crippen molar-refractivity contribution in [3.8, 4) is 0 Å². The summed E-state index contributed by atoms with van der Waals surface area (Å²) in [7, 11) is 0. The van der Waals surface area contributed by atoms with Gasteiger partial charge >= 0.3 is 0 Å². The van der Waals surface area contributed by atoms with Crippen LogP contribution in [0.1, 0.15) is 38.2 Å². The molecule has 1 aromatic heterocycles. The fourth-order valence-electron chi connectivity index (χ4n) is 2.65. The summed E-state index contributed by atoms with van der Waals surface area (Å²) >= 11 is 0. The summed E-state index contributed by atoms with van der Waals surface area (Å²) in [6, 6.07) is 1.94. The zero-order valence-corrected chi connectivity index (χ0v) is 9.36. The first-order chi connectivity index (χ1) is 7.29. The van der Waals surface area contributed by atoms with Gasteiger partial charge in [0.2, 0.25) is 0 Å². The molecule has 0 aliphatic heterocycles. The normalized spacial score (nSPS) is 28.1. The van der Waals surface area contributed by atoms with Crippen LogP contribution >= 0.6 is 0 Å². The zero-order chi connectivity index (χ0) is 10.7. The fourth-order valence-corrected chi connectivity index (χ4v) is 2.65. The fraction of sp³-hybridized carbons (Fsp3) is 0.692. The van der Waals surface area contributed by atoms with E-state index in [4.69, 9.17) is 4.42 Å².